The first-order valence-corrected chi connectivity index (χ1v) is 5.62. The molecule has 0 aliphatic rings. The third kappa shape index (κ3) is 5.69. The van der Waals surface area contributed by atoms with Crippen LogP contribution in [-0.4, -0.2) is 17.8 Å². The van der Waals surface area contributed by atoms with Gasteiger partial charge in [-0.05, 0) is 25.3 Å². The molecular formula is C14H20O2. The molecule has 1 aromatic rings. The summed E-state index contributed by atoms with van der Waals surface area (Å²) >= 11 is 0. The Labute approximate surface area is 97.6 Å². The molecule has 2 nitrogen and oxygen atoms in total. The maximum absolute atomic E-state index is 9.58. The van der Waals surface area contributed by atoms with Gasteiger partial charge in [0.25, 0.3) is 0 Å². The van der Waals surface area contributed by atoms with Crippen LogP contribution >= 0.6 is 0 Å². The average Bonchev–Trinajstić information content (AvgIpc) is 2.25. The van der Waals surface area contributed by atoms with Gasteiger partial charge < -0.3 is 9.84 Å². The third-order valence-electron chi connectivity index (χ3n) is 2.29. The lowest BCUT2D eigenvalue weighted by Gasteiger charge is -2.10. The van der Waals surface area contributed by atoms with Gasteiger partial charge in [-0.2, -0.15) is 0 Å². The van der Waals surface area contributed by atoms with Gasteiger partial charge in [0, 0.05) is 6.61 Å². The van der Waals surface area contributed by atoms with Crippen molar-refractivity contribution < 1.29 is 9.84 Å². The van der Waals surface area contributed by atoms with Crippen molar-refractivity contribution in [3.8, 4) is 0 Å². The predicted molar refractivity (Wildman–Crippen MR) is 66.2 cm³/mol. The van der Waals surface area contributed by atoms with E-state index in [1.165, 1.54) is 0 Å². The van der Waals surface area contributed by atoms with Gasteiger partial charge in [0.2, 0.25) is 0 Å². The third-order valence-corrected chi connectivity index (χ3v) is 2.29. The molecule has 0 spiro atoms. The van der Waals surface area contributed by atoms with Crippen molar-refractivity contribution >= 4 is 0 Å². The second kappa shape index (κ2) is 7.20. The number of aliphatic hydroxyl groups is 1. The van der Waals surface area contributed by atoms with E-state index in [-0.39, 0.29) is 6.10 Å². The van der Waals surface area contributed by atoms with Crippen molar-refractivity contribution in [3.05, 3.63) is 48.0 Å². The van der Waals surface area contributed by atoms with E-state index in [0.717, 1.165) is 11.1 Å². The van der Waals surface area contributed by atoms with E-state index in [9.17, 15) is 5.11 Å². The van der Waals surface area contributed by atoms with Crippen LogP contribution in [0.3, 0.4) is 0 Å². The van der Waals surface area contributed by atoms with Crippen LogP contribution in [0.1, 0.15) is 25.3 Å². The van der Waals surface area contributed by atoms with Gasteiger partial charge in [0.15, 0.2) is 0 Å². The molecule has 0 bridgehead atoms. The van der Waals surface area contributed by atoms with Gasteiger partial charge in [-0.15, -0.1) is 6.58 Å². The van der Waals surface area contributed by atoms with E-state index < -0.39 is 0 Å². The molecule has 0 aliphatic heterocycles. The van der Waals surface area contributed by atoms with Crippen LogP contribution in [0.25, 0.3) is 0 Å². The van der Waals surface area contributed by atoms with E-state index in [1.54, 1.807) is 0 Å². The fraction of sp³-hybridized carbons (Fsp3) is 0.429. The van der Waals surface area contributed by atoms with E-state index in [0.29, 0.717) is 26.1 Å². The van der Waals surface area contributed by atoms with Crippen LogP contribution in [0, 0.1) is 0 Å². The second-order valence-electron chi connectivity index (χ2n) is 4.14. The maximum atomic E-state index is 9.58. The minimum Gasteiger partial charge on any atom is -0.393 e. The van der Waals surface area contributed by atoms with E-state index in [4.69, 9.17) is 4.74 Å². The Balaban J connectivity index is 2.10. The molecule has 0 amide bonds. The first-order chi connectivity index (χ1) is 7.68. The molecular weight excluding hydrogens is 200 g/mol. The lowest BCUT2D eigenvalue weighted by Crippen LogP contribution is -2.10. The Morgan fingerprint density at radius 1 is 1.38 bits per heavy atom. The monoisotopic (exact) mass is 220 g/mol. The predicted octanol–water partition coefficient (Wildman–Crippen LogP) is 2.92. The minimum absolute atomic E-state index is 0.326. The average molecular weight is 220 g/mol. The molecule has 1 aromatic carbocycles. The highest BCUT2D eigenvalue weighted by atomic mass is 16.5. The van der Waals surface area contributed by atoms with Crippen molar-refractivity contribution in [1.82, 2.24) is 0 Å². The highest BCUT2D eigenvalue weighted by molar-refractivity contribution is 5.13. The summed E-state index contributed by atoms with van der Waals surface area (Å²) in [6.45, 7) is 6.89. The molecule has 0 saturated heterocycles. The molecule has 0 heterocycles. The van der Waals surface area contributed by atoms with Gasteiger partial charge in [-0.3, -0.25) is 0 Å². The molecule has 0 aromatic heterocycles. The zero-order valence-corrected chi connectivity index (χ0v) is 9.86. The smallest absolute Gasteiger partial charge is 0.0716 e. The van der Waals surface area contributed by atoms with E-state index >= 15 is 0 Å². The quantitative estimate of drug-likeness (QED) is 0.565. The van der Waals surface area contributed by atoms with Gasteiger partial charge >= 0.3 is 0 Å². The number of rotatable bonds is 7. The summed E-state index contributed by atoms with van der Waals surface area (Å²) in [4.78, 5) is 0. The number of hydrogen-bond acceptors (Lipinski definition) is 2. The second-order valence-corrected chi connectivity index (χ2v) is 4.14. The fourth-order valence-corrected chi connectivity index (χ4v) is 1.49. The molecule has 1 N–H and O–H groups in total. The lowest BCUT2D eigenvalue weighted by atomic mass is 10.1. The fourth-order valence-electron chi connectivity index (χ4n) is 1.49. The molecule has 1 rings (SSSR count). The Kier molecular flexibility index (Phi) is 5.83. The Morgan fingerprint density at radius 3 is 2.69 bits per heavy atom. The normalized spacial score (nSPS) is 12.4. The van der Waals surface area contributed by atoms with Crippen molar-refractivity contribution in [3.63, 3.8) is 0 Å². The molecule has 16 heavy (non-hydrogen) atoms. The SMILES string of the molecule is C=C(C)CC(O)CCOCc1ccccc1. The Hall–Kier alpha value is -1.12. The van der Waals surface area contributed by atoms with Gasteiger partial charge in [0.1, 0.15) is 0 Å². The van der Waals surface area contributed by atoms with Crippen LogP contribution in [0.5, 0.6) is 0 Å². The van der Waals surface area contributed by atoms with Crippen LogP contribution in [0.4, 0.5) is 0 Å². The highest BCUT2D eigenvalue weighted by Gasteiger charge is 2.03. The van der Waals surface area contributed by atoms with Crippen LogP contribution < -0.4 is 0 Å². The number of ether oxygens (including phenoxy) is 1. The molecule has 1 unspecified atom stereocenters. The number of aliphatic hydroxyl groups excluding tert-OH is 1. The molecule has 2 heteroatoms. The molecule has 0 fully saturated rings. The molecule has 0 radical (unpaired) electrons. The zero-order chi connectivity index (χ0) is 11.8. The summed E-state index contributed by atoms with van der Waals surface area (Å²) in [5, 5.41) is 9.58. The summed E-state index contributed by atoms with van der Waals surface area (Å²) < 4.78 is 5.48. The van der Waals surface area contributed by atoms with Gasteiger partial charge in [-0.1, -0.05) is 35.9 Å². The Bertz CT molecular complexity index is 306. The number of hydrogen-bond donors (Lipinski definition) is 1. The van der Waals surface area contributed by atoms with Crippen LogP contribution in [0.15, 0.2) is 42.5 Å². The van der Waals surface area contributed by atoms with Crippen molar-refractivity contribution in [2.75, 3.05) is 6.61 Å². The lowest BCUT2D eigenvalue weighted by molar-refractivity contribution is 0.0737. The first-order valence-electron chi connectivity index (χ1n) is 5.62. The summed E-state index contributed by atoms with van der Waals surface area (Å²) in [7, 11) is 0. The highest BCUT2D eigenvalue weighted by Crippen LogP contribution is 2.06. The van der Waals surface area contributed by atoms with Crippen molar-refractivity contribution in [1.29, 1.82) is 0 Å². The largest absolute Gasteiger partial charge is 0.393 e. The molecule has 1 atom stereocenters. The topological polar surface area (TPSA) is 29.5 Å². The Morgan fingerprint density at radius 2 is 2.06 bits per heavy atom. The summed E-state index contributed by atoms with van der Waals surface area (Å²) in [6, 6.07) is 10.0. The summed E-state index contributed by atoms with van der Waals surface area (Å²) in [6.07, 6.45) is 1.00. The molecule has 0 aliphatic carbocycles. The zero-order valence-electron chi connectivity index (χ0n) is 9.86. The molecule has 88 valence electrons. The first kappa shape index (κ1) is 12.9. The van der Waals surface area contributed by atoms with Gasteiger partial charge in [0.05, 0.1) is 12.7 Å². The maximum Gasteiger partial charge on any atom is 0.0716 e. The van der Waals surface area contributed by atoms with E-state index in [1.807, 2.05) is 37.3 Å². The van der Waals surface area contributed by atoms with E-state index in [2.05, 4.69) is 6.58 Å². The van der Waals surface area contributed by atoms with Gasteiger partial charge in [-0.25, -0.2) is 0 Å². The summed E-state index contributed by atoms with van der Waals surface area (Å²) in [5.74, 6) is 0. The van der Waals surface area contributed by atoms with Crippen LogP contribution in [0.2, 0.25) is 0 Å². The van der Waals surface area contributed by atoms with Crippen LogP contribution in [-0.2, 0) is 11.3 Å². The van der Waals surface area contributed by atoms with Crippen molar-refractivity contribution in [2.24, 2.45) is 0 Å². The number of benzene rings is 1. The standard InChI is InChI=1S/C14H20O2/c1-12(2)10-14(15)8-9-16-11-13-6-4-3-5-7-13/h3-7,14-15H,1,8-11H2,2H3. The molecule has 0 saturated carbocycles. The minimum atomic E-state index is -0.326. The summed E-state index contributed by atoms with van der Waals surface area (Å²) in [5.41, 5.74) is 2.17. The van der Waals surface area contributed by atoms with Crippen molar-refractivity contribution in [2.45, 2.75) is 32.5 Å².